The first-order valence-electron chi connectivity index (χ1n) is 11.9. The number of aliphatic hydroxyl groups excluding tert-OH is 1. The number of benzene rings is 2. The Kier molecular flexibility index (Phi) is 6.44. The molecular weight excluding hydrogens is 388 g/mol. The highest BCUT2D eigenvalue weighted by atomic mass is 16.5. The van der Waals surface area contributed by atoms with Gasteiger partial charge >= 0.3 is 0 Å². The fraction of sp³-hybridized carbons (Fsp3) is 0.538. The summed E-state index contributed by atoms with van der Waals surface area (Å²) in [6, 6.07) is 17.8. The monoisotopic (exact) mass is 422 g/mol. The van der Waals surface area contributed by atoms with Gasteiger partial charge in [0.15, 0.2) is 0 Å². The molecule has 0 saturated carbocycles. The summed E-state index contributed by atoms with van der Waals surface area (Å²) in [5, 5.41) is 9.36. The lowest BCUT2D eigenvalue weighted by atomic mass is 9.86. The second-order valence-corrected chi connectivity index (χ2v) is 9.39. The van der Waals surface area contributed by atoms with E-state index in [9.17, 15) is 5.11 Å². The van der Waals surface area contributed by atoms with Crippen LogP contribution in [0.5, 0.6) is 17.2 Å². The van der Waals surface area contributed by atoms with Crippen LogP contribution in [0.2, 0.25) is 0 Å². The van der Waals surface area contributed by atoms with Crippen LogP contribution >= 0.6 is 0 Å². The Hall–Kier alpha value is -2.08. The van der Waals surface area contributed by atoms with E-state index in [1.807, 2.05) is 54.6 Å². The first-order chi connectivity index (χ1) is 15.2. The zero-order chi connectivity index (χ0) is 21.0. The summed E-state index contributed by atoms with van der Waals surface area (Å²) < 4.78 is 12.0. The number of hydrogen-bond donors (Lipinski definition) is 1. The summed E-state index contributed by atoms with van der Waals surface area (Å²) in [5.41, 5.74) is 0. The Balaban J connectivity index is 0.000000189. The Morgan fingerprint density at radius 2 is 1.19 bits per heavy atom. The first-order valence-corrected chi connectivity index (χ1v) is 11.9. The van der Waals surface area contributed by atoms with Crippen molar-refractivity contribution in [3.8, 4) is 17.2 Å². The van der Waals surface area contributed by atoms with Gasteiger partial charge in [0, 0.05) is 13.1 Å². The van der Waals surface area contributed by atoms with Crippen LogP contribution in [0.3, 0.4) is 0 Å². The van der Waals surface area contributed by atoms with Crippen molar-refractivity contribution in [2.45, 2.75) is 37.9 Å². The minimum absolute atomic E-state index is 0.00694. The summed E-state index contributed by atoms with van der Waals surface area (Å²) >= 11 is 0. The molecule has 1 unspecified atom stereocenters. The summed E-state index contributed by atoms with van der Waals surface area (Å²) in [6.45, 7) is 6.95. The largest absolute Gasteiger partial charge is 0.489 e. The number of para-hydroxylation sites is 1. The van der Waals surface area contributed by atoms with Crippen molar-refractivity contribution >= 4 is 0 Å². The van der Waals surface area contributed by atoms with Gasteiger partial charge in [-0.1, -0.05) is 18.2 Å². The highest BCUT2D eigenvalue weighted by Crippen LogP contribution is 2.31. The van der Waals surface area contributed by atoms with Crippen molar-refractivity contribution in [2.24, 2.45) is 11.8 Å². The fourth-order valence-electron chi connectivity index (χ4n) is 5.36. The molecule has 6 saturated heterocycles. The van der Waals surface area contributed by atoms with Crippen LogP contribution in [0.15, 0.2) is 54.6 Å². The molecule has 0 aliphatic carbocycles. The maximum Gasteiger partial charge on any atom is 0.127 e. The van der Waals surface area contributed by atoms with E-state index in [0.29, 0.717) is 12.0 Å². The van der Waals surface area contributed by atoms with E-state index in [1.165, 1.54) is 51.9 Å². The lowest BCUT2D eigenvalue weighted by molar-refractivity contribution is -0.0227. The Morgan fingerprint density at radius 3 is 1.68 bits per heavy atom. The molecule has 5 heteroatoms. The molecule has 2 aromatic carbocycles. The third kappa shape index (κ3) is 5.22. The molecule has 166 valence electrons. The number of fused-ring (bicyclic) bond motifs is 6. The highest BCUT2D eigenvalue weighted by Gasteiger charge is 2.35. The second kappa shape index (κ2) is 9.60. The van der Waals surface area contributed by atoms with Crippen LogP contribution in [-0.2, 0) is 0 Å². The molecule has 6 heterocycles. The van der Waals surface area contributed by atoms with E-state index in [4.69, 9.17) is 9.47 Å². The number of rotatable bonds is 4. The van der Waals surface area contributed by atoms with E-state index in [0.717, 1.165) is 36.3 Å². The third-order valence-corrected chi connectivity index (χ3v) is 7.31. The Labute approximate surface area is 185 Å². The Bertz CT molecular complexity index is 812. The van der Waals surface area contributed by atoms with Gasteiger partial charge < -0.3 is 19.5 Å². The van der Waals surface area contributed by atoms with E-state index < -0.39 is 0 Å². The van der Waals surface area contributed by atoms with Crippen LogP contribution in [0, 0.1) is 11.8 Å². The topological polar surface area (TPSA) is 45.2 Å². The van der Waals surface area contributed by atoms with Gasteiger partial charge in [0.25, 0.3) is 0 Å². The van der Waals surface area contributed by atoms with Crippen molar-refractivity contribution in [1.82, 2.24) is 9.80 Å². The molecule has 5 nitrogen and oxygen atoms in total. The molecular formula is C26H34N2O3. The summed E-state index contributed by atoms with van der Waals surface area (Å²) in [7, 11) is 0. The number of ether oxygens (including phenoxy) is 2. The predicted octanol–water partition coefficient (Wildman–Crippen LogP) is 4.02. The smallest absolute Gasteiger partial charge is 0.127 e. The average Bonchev–Trinajstić information content (AvgIpc) is 2.83. The number of hydrogen-bond acceptors (Lipinski definition) is 5. The minimum Gasteiger partial charge on any atom is -0.489 e. The van der Waals surface area contributed by atoms with Gasteiger partial charge in [0.1, 0.15) is 23.4 Å². The molecule has 6 fully saturated rings. The number of aliphatic hydroxyl groups is 1. The molecule has 6 aliphatic heterocycles. The summed E-state index contributed by atoms with van der Waals surface area (Å²) in [4.78, 5) is 4.86. The molecule has 0 radical (unpaired) electrons. The zero-order valence-electron chi connectivity index (χ0n) is 18.2. The van der Waals surface area contributed by atoms with Crippen LogP contribution < -0.4 is 9.47 Å². The third-order valence-electron chi connectivity index (χ3n) is 7.31. The number of nitrogens with zero attached hydrogens (tertiary/aromatic N) is 2. The van der Waals surface area contributed by atoms with E-state index >= 15 is 0 Å². The summed E-state index contributed by atoms with van der Waals surface area (Å²) in [5.74, 6) is 4.00. The summed E-state index contributed by atoms with van der Waals surface area (Å²) in [6.07, 6.45) is 5.35. The van der Waals surface area contributed by atoms with E-state index in [1.54, 1.807) is 0 Å². The molecule has 6 aliphatic rings. The molecule has 2 aromatic rings. The lowest BCUT2D eigenvalue weighted by Gasteiger charge is -2.44. The number of piperidine rings is 6. The first kappa shape index (κ1) is 20.8. The van der Waals surface area contributed by atoms with Gasteiger partial charge in [0.2, 0.25) is 0 Å². The van der Waals surface area contributed by atoms with Gasteiger partial charge in [-0.05, 0) is 100 Å². The van der Waals surface area contributed by atoms with Crippen LogP contribution in [-0.4, -0.2) is 66.4 Å². The zero-order valence-corrected chi connectivity index (χ0v) is 18.2. The van der Waals surface area contributed by atoms with Crippen molar-refractivity contribution in [3.63, 3.8) is 0 Å². The van der Waals surface area contributed by atoms with Crippen molar-refractivity contribution < 1.29 is 14.6 Å². The molecule has 31 heavy (non-hydrogen) atoms. The minimum atomic E-state index is -0.00694. The average molecular weight is 423 g/mol. The predicted molar refractivity (Wildman–Crippen MR) is 122 cm³/mol. The molecule has 2 atom stereocenters. The van der Waals surface area contributed by atoms with Gasteiger partial charge in [-0.25, -0.2) is 0 Å². The van der Waals surface area contributed by atoms with Gasteiger partial charge in [0.05, 0.1) is 6.10 Å². The normalized spacial score (nSPS) is 33.3. The van der Waals surface area contributed by atoms with Crippen LogP contribution in [0.25, 0.3) is 0 Å². The molecule has 0 aromatic heterocycles. The second-order valence-electron chi connectivity index (χ2n) is 9.39. The van der Waals surface area contributed by atoms with Crippen LogP contribution in [0.4, 0.5) is 0 Å². The van der Waals surface area contributed by atoms with Crippen molar-refractivity contribution in [1.29, 1.82) is 0 Å². The SMILES string of the molecule is OC1CN2CCC1CC2.c1ccc(Oc2ccc(O[C@H]3CN4CCC3CC4)cc2)cc1. The lowest BCUT2D eigenvalue weighted by Crippen LogP contribution is -2.52. The molecule has 0 amide bonds. The van der Waals surface area contributed by atoms with Gasteiger partial charge in [-0.15, -0.1) is 0 Å². The quantitative estimate of drug-likeness (QED) is 0.806. The van der Waals surface area contributed by atoms with Gasteiger partial charge in [-0.3, -0.25) is 4.90 Å². The molecule has 1 N–H and O–H groups in total. The standard InChI is InChI=1S/C19H21NO2.C7H13NO/c1-2-4-16(5-3-1)21-17-6-8-18(9-7-17)22-19-14-20-12-10-15(19)11-13-20;9-7-5-8-3-1-6(7)2-4-8/h1-9,15,19H,10-14H2;6-7,9H,1-5H2/t19-;/m0./s1. The van der Waals surface area contributed by atoms with Crippen molar-refractivity contribution in [3.05, 3.63) is 54.6 Å². The van der Waals surface area contributed by atoms with Crippen LogP contribution in [0.1, 0.15) is 25.7 Å². The molecule has 8 rings (SSSR count). The maximum atomic E-state index is 9.36. The molecule has 0 spiro atoms. The molecule has 4 bridgehead atoms. The van der Waals surface area contributed by atoms with Gasteiger partial charge in [-0.2, -0.15) is 0 Å². The van der Waals surface area contributed by atoms with Crippen molar-refractivity contribution in [2.75, 3.05) is 39.3 Å². The van der Waals surface area contributed by atoms with E-state index in [-0.39, 0.29) is 6.10 Å². The fourth-order valence-corrected chi connectivity index (χ4v) is 5.36. The van der Waals surface area contributed by atoms with E-state index in [2.05, 4.69) is 9.80 Å². The maximum absolute atomic E-state index is 9.36. The highest BCUT2D eigenvalue weighted by molar-refractivity contribution is 5.35. The Morgan fingerprint density at radius 1 is 0.645 bits per heavy atom.